The lowest BCUT2D eigenvalue weighted by Crippen LogP contribution is -2.33. The maximum absolute atomic E-state index is 5.62. The molecule has 0 aliphatic rings. The average Bonchev–Trinajstić information content (AvgIpc) is 2.03. The molecule has 3 N–H and O–H groups in total. The standard InChI is InChI=1S/C8H12ClN3/c1-6(10)11-4-7-2-3-8(9)12-5-7/h2-3,5-6,11H,4,10H2,1H3. The largest absolute Gasteiger partial charge is 0.316 e. The van der Waals surface area contributed by atoms with Crippen LogP contribution in [0.25, 0.3) is 0 Å². The summed E-state index contributed by atoms with van der Waals surface area (Å²) in [5.41, 5.74) is 6.59. The Morgan fingerprint density at radius 3 is 2.92 bits per heavy atom. The van der Waals surface area contributed by atoms with Crippen LogP contribution in [0.5, 0.6) is 0 Å². The van der Waals surface area contributed by atoms with Gasteiger partial charge in [0.25, 0.3) is 0 Å². The Bertz CT molecular complexity index is 233. The second kappa shape index (κ2) is 4.40. The molecule has 1 rings (SSSR count). The molecule has 0 aliphatic carbocycles. The molecule has 4 heteroatoms. The van der Waals surface area contributed by atoms with E-state index >= 15 is 0 Å². The van der Waals surface area contributed by atoms with Gasteiger partial charge >= 0.3 is 0 Å². The quantitative estimate of drug-likeness (QED) is 0.549. The summed E-state index contributed by atoms with van der Waals surface area (Å²) < 4.78 is 0. The number of pyridine rings is 1. The van der Waals surface area contributed by atoms with Gasteiger partial charge in [0.1, 0.15) is 5.15 Å². The second-order valence-electron chi connectivity index (χ2n) is 2.66. The number of halogens is 1. The summed E-state index contributed by atoms with van der Waals surface area (Å²) in [7, 11) is 0. The van der Waals surface area contributed by atoms with Gasteiger partial charge in [-0.05, 0) is 18.6 Å². The van der Waals surface area contributed by atoms with E-state index in [4.69, 9.17) is 17.3 Å². The fourth-order valence-corrected chi connectivity index (χ4v) is 0.902. The van der Waals surface area contributed by atoms with Gasteiger partial charge in [-0.15, -0.1) is 0 Å². The van der Waals surface area contributed by atoms with Crippen molar-refractivity contribution in [1.82, 2.24) is 10.3 Å². The van der Waals surface area contributed by atoms with Gasteiger partial charge in [-0.3, -0.25) is 5.32 Å². The number of aromatic nitrogens is 1. The Hall–Kier alpha value is -0.640. The Morgan fingerprint density at radius 2 is 2.42 bits per heavy atom. The predicted molar refractivity (Wildman–Crippen MR) is 49.7 cm³/mol. The van der Waals surface area contributed by atoms with E-state index in [0.29, 0.717) is 5.15 Å². The van der Waals surface area contributed by atoms with Gasteiger partial charge in [0.2, 0.25) is 0 Å². The molecule has 1 unspecified atom stereocenters. The van der Waals surface area contributed by atoms with Crippen LogP contribution in [0.2, 0.25) is 5.15 Å². The molecule has 0 radical (unpaired) electrons. The normalized spacial score (nSPS) is 12.9. The summed E-state index contributed by atoms with van der Waals surface area (Å²) in [6.45, 7) is 2.62. The summed E-state index contributed by atoms with van der Waals surface area (Å²) >= 11 is 5.62. The molecule has 1 atom stereocenters. The summed E-state index contributed by atoms with van der Waals surface area (Å²) in [6.07, 6.45) is 1.73. The van der Waals surface area contributed by atoms with Crippen molar-refractivity contribution in [3.63, 3.8) is 0 Å². The fraction of sp³-hybridized carbons (Fsp3) is 0.375. The van der Waals surface area contributed by atoms with Gasteiger partial charge < -0.3 is 5.73 Å². The predicted octanol–water partition coefficient (Wildman–Crippen LogP) is 1.13. The van der Waals surface area contributed by atoms with E-state index < -0.39 is 0 Å². The van der Waals surface area contributed by atoms with Crippen molar-refractivity contribution in [2.75, 3.05) is 0 Å². The maximum atomic E-state index is 5.62. The van der Waals surface area contributed by atoms with Crippen molar-refractivity contribution < 1.29 is 0 Å². The number of nitrogens with zero attached hydrogens (tertiary/aromatic N) is 1. The Labute approximate surface area is 76.9 Å². The molecule has 0 fully saturated rings. The molecular weight excluding hydrogens is 174 g/mol. The van der Waals surface area contributed by atoms with Crippen LogP contribution in [0.3, 0.4) is 0 Å². The third-order valence-corrected chi connectivity index (χ3v) is 1.64. The van der Waals surface area contributed by atoms with E-state index in [1.165, 1.54) is 0 Å². The van der Waals surface area contributed by atoms with E-state index in [1.807, 2.05) is 13.0 Å². The summed E-state index contributed by atoms with van der Waals surface area (Å²) in [5.74, 6) is 0. The van der Waals surface area contributed by atoms with Gasteiger partial charge in [-0.2, -0.15) is 0 Å². The Morgan fingerprint density at radius 1 is 1.67 bits per heavy atom. The number of rotatable bonds is 3. The molecule has 1 heterocycles. The number of hydrogen-bond donors (Lipinski definition) is 2. The number of hydrogen-bond acceptors (Lipinski definition) is 3. The fourth-order valence-electron chi connectivity index (χ4n) is 0.790. The van der Waals surface area contributed by atoms with Gasteiger partial charge in [0.05, 0.1) is 6.17 Å². The van der Waals surface area contributed by atoms with Crippen molar-refractivity contribution in [2.45, 2.75) is 19.6 Å². The highest BCUT2D eigenvalue weighted by Crippen LogP contribution is 2.04. The van der Waals surface area contributed by atoms with Crippen molar-refractivity contribution in [3.8, 4) is 0 Å². The van der Waals surface area contributed by atoms with Gasteiger partial charge in [0, 0.05) is 12.7 Å². The monoisotopic (exact) mass is 185 g/mol. The van der Waals surface area contributed by atoms with Gasteiger partial charge in [-0.25, -0.2) is 4.98 Å². The molecule has 3 nitrogen and oxygen atoms in total. The van der Waals surface area contributed by atoms with E-state index in [2.05, 4.69) is 10.3 Å². The van der Waals surface area contributed by atoms with E-state index in [1.54, 1.807) is 12.3 Å². The van der Waals surface area contributed by atoms with Crippen LogP contribution >= 0.6 is 11.6 Å². The van der Waals surface area contributed by atoms with E-state index in [0.717, 1.165) is 12.1 Å². The molecule has 1 aromatic rings. The van der Waals surface area contributed by atoms with E-state index in [9.17, 15) is 0 Å². The van der Waals surface area contributed by atoms with Crippen LogP contribution in [0.4, 0.5) is 0 Å². The van der Waals surface area contributed by atoms with Gasteiger partial charge in [0.15, 0.2) is 0 Å². The lowest BCUT2D eigenvalue weighted by molar-refractivity contribution is 0.566. The van der Waals surface area contributed by atoms with Crippen LogP contribution in [-0.4, -0.2) is 11.1 Å². The first kappa shape index (κ1) is 9.45. The first-order valence-electron chi connectivity index (χ1n) is 3.78. The molecular formula is C8H12ClN3. The van der Waals surface area contributed by atoms with Crippen LogP contribution < -0.4 is 11.1 Å². The molecule has 66 valence electrons. The Balaban J connectivity index is 2.48. The van der Waals surface area contributed by atoms with Crippen molar-refractivity contribution in [1.29, 1.82) is 0 Å². The van der Waals surface area contributed by atoms with Crippen LogP contribution in [0, 0.1) is 0 Å². The molecule has 0 spiro atoms. The van der Waals surface area contributed by atoms with Crippen molar-refractivity contribution >= 4 is 11.6 Å². The molecule has 0 saturated heterocycles. The summed E-state index contributed by atoms with van der Waals surface area (Å²) in [5, 5.41) is 3.59. The Kier molecular flexibility index (Phi) is 3.47. The highest BCUT2D eigenvalue weighted by molar-refractivity contribution is 6.29. The molecule has 1 aromatic heterocycles. The first-order valence-corrected chi connectivity index (χ1v) is 4.15. The first-order chi connectivity index (χ1) is 5.68. The number of nitrogens with two attached hydrogens (primary N) is 1. The minimum absolute atomic E-state index is 0.000628. The molecule has 0 aromatic carbocycles. The highest BCUT2D eigenvalue weighted by atomic mass is 35.5. The smallest absolute Gasteiger partial charge is 0.129 e. The molecule has 0 aliphatic heterocycles. The highest BCUT2D eigenvalue weighted by Gasteiger charge is 1.95. The third kappa shape index (κ3) is 3.17. The molecule has 0 saturated carbocycles. The summed E-state index contributed by atoms with van der Waals surface area (Å²) in [4.78, 5) is 3.94. The number of nitrogens with one attached hydrogen (secondary N) is 1. The average molecular weight is 186 g/mol. The molecule has 0 bridgehead atoms. The SMILES string of the molecule is CC(N)NCc1ccc(Cl)nc1. The van der Waals surface area contributed by atoms with Crippen LogP contribution in [-0.2, 0) is 6.54 Å². The third-order valence-electron chi connectivity index (χ3n) is 1.42. The minimum atomic E-state index is 0.000628. The molecule has 0 amide bonds. The van der Waals surface area contributed by atoms with E-state index in [-0.39, 0.29) is 6.17 Å². The van der Waals surface area contributed by atoms with Crippen LogP contribution in [0.1, 0.15) is 12.5 Å². The summed E-state index contributed by atoms with van der Waals surface area (Å²) in [6, 6.07) is 3.68. The topological polar surface area (TPSA) is 50.9 Å². The second-order valence-corrected chi connectivity index (χ2v) is 3.05. The van der Waals surface area contributed by atoms with Crippen molar-refractivity contribution in [3.05, 3.63) is 29.0 Å². The van der Waals surface area contributed by atoms with Crippen LogP contribution in [0.15, 0.2) is 18.3 Å². The lowest BCUT2D eigenvalue weighted by atomic mass is 10.3. The zero-order valence-corrected chi connectivity index (χ0v) is 7.67. The molecule has 12 heavy (non-hydrogen) atoms. The zero-order valence-electron chi connectivity index (χ0n) is 6.92. The van der Waals surface area contributed by atoms with Gasteiger partial charge in [-0.1, -0.05) is 17.7 Å². The minimum Gasteiger partial charge on any atom is -0.316 e. The maximum Gasteiger partial charge on any atom is 0.129 e. The zero-order chi connectivity index (χ0) is 8.97. The lowest BCUT2D eigenvalue weighted by Gasteiger charge is -2.07. The van der Waals surface area contributed by atoms with Crippen molar-refractivity contribution in [2.24, 2.45) is 5.73 Å².